The van der Waals surface area contributed by atoms with Crippen molar-refractivity contribution in [2.45, 2.75) is 6.23 Å². The Morgan fingerprint density at radius 1 is 1.47 bits per heavy atom. The van der Waals surface area contributed by atoms with E-state index in [-0.39, 0.29) is 5.56 Å². The van der Waals surface area contributed by atoms with Gasteiger partial charge in [0.2, 0.25) is 0 Å². The molecule has 1 atom stereocenters. The summed E-state index contributed by atoms with van der Waals surface area (Å²) >= 11 is 0. The van der Waals surface area contributed by atoms with Crippen LogP contribution in [-0.2, 0) is 4.74 Å². The fourth-order valence-electron chi connectivity index (χ4n) is 1.09. The largest absolute Gasteiger partial charge is 0.419 e. The zero-order valence-electron chi connectivity index (χ0n) is 8.62. The van der Waals surface area contributed by atoms with Gasteiger partial charge >= 0.3 is 12.3 Å². The molecule has 0 bridgehead atoms. The summed E-state index contributed by atoms with van der Waals surface area (Å²) in [4.78, 5) is 21.1. The molecular formula is C9H10N4O4. The van der Waals surface area contributed by atoms with E-state index in [2.05, 4.69) is 4.74 Å². The van der Waals surface area contributed by atoms with E-state index in [1.165, 1.54) is 12.1 Å². The van der Waals surface area contributed by atoms with Gasteiger partial charge in [-0.1, -0.05) is 18.2 Å². The van der Waals surface area contributed by atoms with Crippen LogP contribution in [0.5, 0.6) is 0 Å². The van der Waals surface area contributed by atoms with Crippen LogP contribution in [0.2, 0.25) is 0 Å². The Morgan fingerprint density at radius 2 is 2.06 bits per heavy atom. The van der Waals surface area contributed by atoms with Crippen molar-refractivity contribution in [2.75, 3.05) is 0 Å². The van der Waals surface area contributed by atoms with Gasteiger partial charge < -0.3 is 10.5 Å². The number of nitrogens with two attached hydrogens (primary N) is 1. The van der Waals surface area contributed by atoms with Gasteiger partial charge in [0.15, 0.2) is 5.96 Å². The highest BCUT2D eigenvalue weighted by atomic mass is 16.7. The van der Waals surface area contributed by atoms with Crippen molar-refractivity contribution in [3.05, 3.63) is 46.0 Å². The maximum absolute atomic E-state index is 11.1. The second-order valence-corrected chi connectivity index (χ2v) is 2.99. The normalized spacial score (nSPS) is 11.3. The molecule has 0 heterocycles. The number of alkyl carbamates (subject to hydrolysis) is 1. The molecule has 0 saturated carbocycles. The van der Waals surface area contributed by atoms with Crippen molar-refractivity contribution >= 4 is 12.1 Å². The molecule has 1 aromatic rings. The second-order valence-electron chi connectivity index (χ2n) is 2.99. The van der Waals surface area contributed by atoms with Gasteiger partial charge in [-0.25, -0.2) is 4.79 Å². The molecule has 1 amide bonds. The number of benzene rings is 1. The van der Waals surface area contributed by atoms with Crippen molar-refractivity contribution in [3.8, 4) is 0 Å². The van der Waals surface area contributed by atoms with Gasteiger partial charge in [-0.15, -0.1) is 0 Å². The number of rotatable bonds is 3. The summed E-state index contributed by atoms with van der Waals surface area (Å²) in [6.07, 6.45) is -2.78. The van der Waals surface area contributed by atoms with Crippen molar-refractivity contribution in [1.82, 2.24) is 5.32 Å². The molecular weight excluding hydrogens is 228 g/mol. The van der Waals surface area contributed by atoms with Gasteiger partial charge in [-0.3, -0.25) is 20.8 Å². The fourth-order valence-corrected chi connectivity index (χ4v) is 1.09. The minimum Gasteiger partial charge on any atom is -0.377 e. The molecule has 0 fully saturated rings. The zero-order valence-corrected chi connectivity index (χ0v) is 8.62. The number of nitro groups is 1. The highest BCUT2D eigenvalue weighted by Crippen LogP contribution is 2.17. The minimum absolute atomic E-state index is 0.219. The van der Waals surface area contributed by atoms with Crippen LogP contribution in [0.4, 0.5) is 4.79 Å². The first-order valence-electron chi connectivity index (χ1n) is 4.51. The first-order valence-corrected chi connectivity index (χ1v) is 4.51. The van der Waals surface area contributed by atoms with E-state index in [0.29, 0.717) is 0 Å². The molecule has 8 nitrogen and oxygen atoms in total. The predicted molar refractivity (Wildman–Crippen MR) is 57.7 cm³/mol. The van der Waals surface area contributed by atoms with Crippen LogP contribution in [0.15, 0.2) is 30.3 Å². The maximum Gasteiger partial charge on any atom is 0.419 e. The average Bonchev–Trinajstić information content (AvgIpc) is 2.25. The summed E-state index contributed by atoms with van der Waals surface area (Å²) in [5.74, 6) is -0.648. The van der Waals surface area contributed by atoms with Gasteiger partial charge in [0, 0.05) is 0 Å². The number of amides is 1. The van der Waals surface area contributed by atoms with Crippen LogP contribution in [-0.4, -0.2) is 17.0 Å². The standard InChI is InChI=1S/C9H10N4O4/c10-8(11)12-9(14)17-7(13(15)16)6-4-2-1-3-5-6/h1-5,7H,(H4,10,11,12,14). The molecule has 0 radical (unpaired) electrons. The van der Waals surface area contributed by atoms with Crippen LogP contribution < -0.4 is 11.1 Å². The number of carbonyl (C=O) groups excluding carboxylic acids is 1. The van der Waals surface area contributed by atoms with Crippen molar-refractivity contribution in [3.63, 3.8) is 0 Å². The Labute approximate surface area is 96.0 Å². The van der Waals surface area contributed by atoms with Crippen LogP contribution in [0.25, 0.3) is 0 Å². The van der Waals surface area contributed by atoms with E-state index in [9.17, 15) is 14.9 Å². The number of nitrogens with one attached hydrogen (secondary N) is 2. The highest BCUT2D eigenvalue weighted by molar-refractivity contribution is 5.90. The Kier molecular flexibility index (Phi) is 3.98. The van der Waals surface area contributed by atoms with Crippen molar-refractivity contribution in [1.29, 1.82) is 5.41 Å². The monoisotopic (exact) mass is 238 g/mol. The quantitative estimate of drug-likeness (QED) is 0.233. The summed E-state index contributed by atoms with van der Waals surface area (Å²) in [7, 11) is 0. The molecule has 0 aromatic heterocycles. The van der Waals surface area contributed by atoms with E-state index in [1.54, 1.807) is 23.5 Å². The van der Waals surface area contributed by atoms with Gasteiger partial charge in [0.25, 0.3) is 0 Å². The summed E-state index contributed by atoms with van der Waals surface area (Å²) in [5, 5.41) is 19.3. The topological polar surface area (TPSA) is 131 Å². The molecule has 4 N–H and O–H groups in total. The summed E-state index contributed by atoms with van der Waals surface area (Å²) in [6.45, 7) is 0. The number of nitrogens with zero attached hydrogens (tertiary/aromatic N) is 1. The first kappa shape index (κ1) is 12.4. The van der Waals surface area contributed by atoms with Gasteiger partial charge in [0.05, 0.1) is 10.5 Å². The van der Waals surface area contributed by atoms with Crippen LogP contribution in [0, 0.1) is 15.5 Å². The number of hydrogen-bond acceptors (Lipinski definition) is 5. The van der Waals surface area contributed by atoms with Crippen molar-refractivity contribution < 1.29 is 14.5 Å². The second kappa shape index (κ2) is 5.45. The lowest BCUT2D eigenvalue weighted by Crippen LogP contribution is -2.37. The molecule has 0 aliphatic rings. The third-order valence-electron chi connectivity index (χ3n) is 1.73. The van der Waals surface area contributed by atoms with E-state index in [1.807, 2.05) is 0 Å². The third-order valence-corrected chi connectivity index (χ3v) is 1.73. The molecule has 90 valence electrons. The zero-order chi connectivity index (χ0) is 12.8. The van der Waals surface area contributed by atoms with E-state index in [4.69, 9.17) is 11.1 Å². The number of carbonyl (C=O) groups is 1. The average molecular weight is 238 g/mol. The van der Waals surface area contributed by atoms with E-state index in [0.717, 1.165) is 0 Å². The summed E-state index contributed by atoms with van der Waals surface area (Å²) < 4.78 is 4.54. The molecule has 1 rings (SSSR count). The lowest BCUT2D eigenvalue weighted by atomic mass is 10.2. The lowest BCUT2D eigenvalue weighted by molar-refractivity contribution is -0.574. The first-order chi connectivity index (χ1) is 8.00. The minimum atomic E-state index is -1.63. The van der Waals surface area contributed by atoms with Crippen LogP contribution in [0.1, 0.15) is 11.8 Å². The van der Waals surface area contributed by atoms with Crippen LogP contribution in [0.3, 0.4) is 0 Å². The summed E-state index contributed by atoms with van der Waals surface area (Å²) in [6, 6.07) is 7.75. The van der Waals surface area contributed by atoms with Gasteiger partial charge in [-0.2, -0.15) is 0 Å². The maximum atomic E-state index is 11.1. The molecule has 17 heavy (non-hydrogen) atoms. The summed E-state index contributed by atoms with van der Waals surface area (Å²) in [5.41, 5.74) is 5.10. The molecule has 1 unspecified atom stereocenters. The van der Waals surface area contributed by atoms with E-state index >= 15 is 0 Å². The Morgan fingerprint density at radius 3 is 2.53 bits per heavy atom. The number of guanidine groups is 1. The Bertz CT molecular complexity index is 434. The molecule has 1 aromatic carbocycles. The van der Waals surface area contributed by atoms with Gasteiger partial charge in [0.1, 0.15) is 0 Å². The molecule has 0 spiro atoms. The number of hydrogen-bond donors (Lipinski definition) is 3. The Hall–Kier alpha value is -2.64. The fraction of sp³-hybridized carbons (Fsp3) is 0.111. The molecule has 0 saturated heterocycles. The van der Waals surface area contributed by atoms with E-state index < -0.39 is 23.2 Å². The van der Waals surface area contributed by atoms with Crippen molar-refractivity contribution in [2.24, 2.45) is 5.73 Å². The molecule has 8 heteroatoms. The SMILES string of the molecule is N=C(N)NC(=O)OC(c1ccccc1)[N+](=O)[O-]. The predicted octanol–water partition coefficient (Wildman–Crippen LogP) is 0.582. The number of ether oxygens (including phenoxy) is 1. The Balaban J connectivity index is 2.78. The molecule has 0 aliphatic carbocycles. The van der Waals surface area contributed by atoms with Gasteiger partial charge in [-0.05, 0) is 12.1 Å². The molecule has 0 aliphatic heterocycles. The third kappa shape index (κ3) is 3.78. The van der Waals surface area contributed by atoms with Crippen LogP contribution >= 0.6 is 0 Å². The smallest absolute Gasteiger partial charge is 0.377 e. The highest BCUT2D eigenvalue weighted by Gasteiger charge is 2.27. The lowest BCUT2D eigenvalue weighted by Gasteiger charge is -2.10.